The number of nitrogens with one attached hydrogen (secondary N) is 1. The molecule has 1 saturated carbocycles. The Bertz CT molecular complexity index is 1430. The summed E-state index contributed by atoms with van der Waals surface area (Å²) in [5.74, 6) is -1.86. The molecule has 2 aromatic carbocycles. The Balaban J connectivity index is 1.30. The van der Waals surface area contributed by atoms with Crippen molar-refractivity contribution in [3.8, 4) is 0 Å². The Morgan fingerprint density at radius 1 is 1.15 bits per heavy atom. The molecule has 1 unspecified atom stereocenters. The highest BCUT2D eigenvalue weighted by atomic mass is 35.5. The van der Waals surface area contributed by atoms with Crippen LogP contribution in [0.25, 0.3) is 0 Å². The number of aromatic nitrogens is 1. The van der Waals surface area contributed by atoms with Crippen molar-refractivity contribution in [1.82, 2.24) is 10.3 Å². The number of carbonyl (C=O) groups is 2. The topological polar surface area (TPSA) is 82.5 Å². The second kappa shape index (κ2) is 10.6. The number of anilines is 1. The second-order valence-corrected chi connectivity index (χ2v) is 10.6. The van der Waals surface area contributed by atoms with Crippen molar-refractivity contribution in [2.45, 2.75) is 50.7 Å². The maximum Gasteiger partial charge on any atom is 0.281 e. The zero-order valence-electron chi connectivity index (χ0n) is 21.1. The Hall–Kier alpha value is -3.43. The van der Waals surface area contributed by atoms with Crippen molar-refractivity contribution in [2.75, 3.05) is 11.4 Å². The molecule has 10 heteroatoms. The quantitative estimate of drug-likeness (QED) is 0.408. The van der Waals surface area contributed by atoms with Gasteiger partial charge in [-0.05, 0) is 56.2 Å². The minimum atomic E-state index is -2.91. The van der Waals surface area contributed by atoms with Gasteiger partial charge in [0.15, 0.2) is 5.60 Å². The summed E-state index contributed by atoms with van der Waals surface area (Å²) < 4.78 is 41.5. The van der Waals surface area contributed by atoms with Gasteiger partial charge in [0.1, 0.15) is 11.5 Å². The summed E-state index contributed by atoms with van der Waals surface area (Å²) in [5.41, 5.74) is -1.37. The van der Waals surface area contributed by atoms with Crippen molar-refractivity contribution in [3.63, 3.8) is 0 Å². The van der Waals surface area contributed by atoms with Gasteiger partial charge in [-0.15, -0.1) is 0 Å². The summed E-state index contributed by atoms with van der Waals surface area (Å²) in [6.07, 6.45) is 0.639. The van der Waals surface area contributed by atoms with E-state index in [-0.39, 0.29) is 28.1 Å². The minimum absolute atomic E-state index is 0.0574. The molecule has 1 aliphatic heterocycles. The van der Waals surface area contributed by atoms with Gasteiger partial charge < -0.3 is 15.3 Å². The van der Waals surface area contributed by atoms with Crippen molar-refractivity contribution >= 4 is 29.1 Å². The first-order chi connectivity index (χ1) is 18.6. The predicted molar refractivity (Wildman–Crippen MR) is 140 cm³/mol. The largest absolute Gasteiger partial charge is 0.372 e. The molecule has 39 heavy (non-hydrogen) atoms. The molecule has 1 fully saturated rings. The van der Waals surface area contributed by atoms with Crippen LogP contribution in [0, 0.1) is 18.7 Å². The highest BCUT2D eigenvalue weighted by Gasteiger charge is 2.53. The van der Waals surface area contributed by atoms with Crippen LogP contribution in [0.2, 0.25) is 5.02 Å². The molecule has 1 atom stereocenters. The summed E-state index contributed by atoms with van der Waals surface area (Å²) >= 11 is 5.88. The van der Waals surface area contributed by atoms with Gasteiger partial charge >= 0.3 is 0 Å². The van der Waals surface area contributed by atoms with Crippen molar-refractivity contribution < 1.29 is 27.9 Å². The van der Waals surface area contributed by atoms with Crippen LogP contribution in [-0.2, 0) is 10.4 Å². The first kappa shape index (κ1) is 27.1. The summed E-state index contributed by atoms with van der Waals surface area (Å²) in [6.45, 7) is 2.17. The molecular weight excluding hydrogens is 531 g/mol. The normalized spacial score (nSPS) is 22.7. The minimum Gasteiger partial charge on any atom is -0.372 e. The summed E-state index contributed by atoms with van der Waals surface area (Å²) in [6, 6.07) is 11.9. The number of rotatable bonds is 6. The zero-order chi connectivity index (χ0) is 27.9. The van der Waals surface area contributed by atoms with E-state index in [1.54, 1.807) is 23.1 Å². The number of nitrogens with zero attached hydrogens (tertiary/aromatic N) is 2. The van der Waals surface area contributed by atoms with E-state index in [4.69, 9.17) is 11.6 Å². The number of fused-ring (bicyclic) bond motifs is 1. The van der Waals surface area contributed by atoms with Gasteiger partial charge in [0.05, 0.1) is 16.3 Å². The maximum absolute atomic E-state index is 14.8. The maximum atomic E-state index is 14.8. The number of amides is 2. The van der Waals surface area contributed by atoms with Crippen molar-refractivity contribution in [3.05, 3.63) is 93.5 Å². The fourth-order valence-corrected chi connectivity index (χ4v) is 5.88. The lowest BCUT2D eigenvalue weighted by Crippen LogP contribution is -2.45. The number of hydrogen-bond donors (Lipinski definition) is 2. The number of alkyl halides is 2. The molecule has 3 aromatic rings. The van der Waals surface area contributed by atoms with Crippen LogP contribution < -0.4 is 10.2 Å². The van der Waals surface area contributed by atoms with Crippen LogP contribution in [0.4, 0.5) is 18.9 Å². The van der Waals surface area contributed by atoms with Gasteiger partial charge in [-0.1, -0.05) is 48.0 Å². The van der Waals surface area contributed by atoms with E-state index in [0.717, 1.165) is 11.8 Å². The Kier molecular flexibility index (Phi) is 7.39. The van der Waals surface area contributed by atoms with E-state index in [2.05, 4.69) is 10.3 Å². The fourth-order valence-electron chi connectivity index (χ4n) is 5.73. The van der Waals surface area contributed by atoms with Crippen LogP contribution in [0.3, 0.4) is 0 Å². The first-order valence-corrected chi connectivity index (χ1v) is 13.1. The molecule has 5 rings (SSSR count). The molecule has 0 spiro atoms. The number of pyridine rings is 1. The van der Waals surface area contributed by atoms with E-state index in [1.807, 2.05) is 13.0 Å². The molecule has 2 aliphatic rings. The fraction of sp³-hybridized carbons (Fsp3) is 0.345. The number of halogens is 4. The van der Waals surface area contributed by atoms with Crippen molar-refractivity contribution in [1.29, 1.82) is 0 Å². The van der Waals surface area contributed by atoms with Gasteiger partial charge in [-0.3, -0.25) is 14.6 Å². The van der Waals surface area contributed by atoms with Gasteiger partial charge in [-0.2, -0.15) is 0 Å². The number of hydrogen-bond acceptors (Lipinski definition) is 4. The van der Waals surface area contributed by atoms with E-state index in [9.17, 15) is 27.9 Å². The lowest BCUT2D eigenvalue weighted by Gasteiger charge is -2.32. The number of carbonyl (C=O) groups excluding carboxylic acids is 2. The van der Waals surface area contributed by atoms with Crippen LogP contribution in [0.5, 0.6) is 0 Å². The van der Waals surface area contributed by atoms with E-state index >= 15 is 0 Å². The van der Waals surface area contributed by atoms with Crippen LogP contribution in [0.15, 0.2) is 54.7 Å². The first-order valence-electron chi connectivity index (χ1n) is 12.7. The molecular formula is C29H27ClF3N3O3. The van der Waals surface area contributed by atoms with Gasteiger partial charge in [0.25, 0.3) is 18.2 Å². The Morgan fingerprint density at radius 2 is 1.85 bits per heavy atom. The van der Waals surface area contributed by atoms with Crippen molar-refractivity contribution in [2.24, 2.45) is 5.92 Å². The van der Waals surface area contributed by atoms with E-state index < -0.39 is 35.4 Å². The number of aliphatic hydroxyl groups is 1. The molecule has 2 amide bonds. The smallest absolute Gasteiger partial charge is 0.281 e. The summed E-state index contributed by atoms with van der Waals surface area (Å²) in [5, 5.41) is 14.6. The molecule has 1 aromatic heterocycles. The summed E-state index contributed by atoms with van der Waals surface area (Å²) in [7, 11) is 0. The van der Waals surface area contributed by atoms with Crippen LogP contribution in [-0.4, -0.2) is 34.5 Å². The number of benzene rings is 2. The summed E-state index contributed by atoms with van der Waals surface area (Å²) in [4.78, 5) is 31.6. The van der Waals surface area contributed by atoms with Gasteiger partial charge in [-0.25, -0.2) is 13.2 Å². The van der Waals surface area contributed by atoms with Crippen LogP contribution >= 0.6 is 11.6 Å². The molecule has 0 radical (unpaired) electrons. The number of para-hydroxylation sites is 1. The average molecular weight is 558 g/mol. The Labute approximate surface area is 228 Å². The lowest BCUT2D eigenvalue weighted by molar-refractivity contribution is -0.132. The highest BCUT2D eigenvalue weighted by Crippen LogP contribution is 2.47. The average Bonchev–Trinajstić information content (AvgIpc) is 3.13. The third kappa shape index (κ3) is 4.89. The van der Waals surface area contributed by atoms with E-state index in [0.29, 0.717) is 43.5 Å². The lowest BCUT2D eigenvalue weighted by atomic mass is 9.85. The van der Waals surface area contributed by atoms with Crippen LogP contribution in [0.1, 0.15) is 64.9 Å². The Morgan fingerprint density at radius 3 is 2.54 bits per heavy atom. The molecule has 6 nitrogen and oxygen atoms in total. The molecule has 2 N–H and O–H groups in total. The standard InChI is InChI=1S/C29H27ClF3N3O3/c1-16-5-4-7-22-25(16)36(28(38)29(22,39)21-6-2-3-8-23(21)31)15-17-9-11-19(12-10-17)35-27(37)20-13-18(30)14-34-24(20)26(32)33/h2-8,13-14,17,19,26,39H,9-12,15H2,1H3,(H,35,37). The zero-order valence-corrected chi connectivity index (χ0v) is 21.9. The van der Waals surface area contributed by atoms with E-state index in [1.165, 1.54) is 24.3 Å². The third-order valence-electron chi connectivity index (χ3n) is 7.67. The molecule has 2 heterocycles. The molecule has 1 aliphatic carbocycles. The second-order valence-electron chi connectivity index (χ2n) is 10.2. The SMILES string of the molecule is Cc1cccc2c1N(CC1CCC(NC(=O)c3cc(Cl)cnc3C(F)F)CC1)C(=O)C2(O)c1ccccc1F. The molecule has 0 saturated heterocycles. The predicted octanol–water partition coefficient (Wildman–Crippen LogP) is 5.69. The highest BCUT2D eigenvalue weighted by molar-refractivity contribution is 6.30. The van der Waals surface area contributed by atoms with Gasteiger partial charge in [0.2, 0.25) is 0 Å². The molecule has 204 valence electrons. The number of aryl methyl sites for hydroxylation is 1. The third-order valence-corrected chi connectivity index (χ3v) is 7.88. The molecule has 0 bridgehead atoms. The monoisotopic (exact) mass is 557 g/mol. The van der Waals surface area contributed by atoms with Gasteiger partial charge in [0, 0.05) is 29.9 Å².